The fourth-order valence-electron chi connectivity index (χ4n) is 4.59. The van der Waals surface area contributed by atoms with Crippen LogP contribution in [0.5, 0.6) is 0 Å². The highest BCUT2D eigenvalue weighted by atomic mass is 32.2. The van der Waals surface area contributed by atoms with Gasteiger partial charge in [-0.25, -0.2) is 12.8 Å². The maximum absolute atomic E-state index is 13.3. The molecule has 1 atom stereocenters. The molecule has 1 fully saturated rings. The van der Waals surface area contributed by atoms with Crippen LogP contribution in [-0.2, 0) is 27.5 Å². The third kappa shape index (κ3) is 3.47. The minimum Gasteiger partial charge on any atom is -0.343 e. The Morgan fingerprint density at radius 3 is 2.48 bits per heavy atom. The Labute approximate surface area is 170 Å². The van der Waals surface area contributed by atoms with Gasteiger partial charge < -0.3 is 4.90 Å². The normalized spacial score (nSPS) is 23.1. The lowest BCUT2D eigenvalue weighted by molar-refractivity contribution is -0.130. The number of rotatable bonds is 3. The van der Waals surface area contributed by atoms with Crippen molar-refractivity contribution in [1.82, 2.24) is 14.7 Å². The molecule has 0 radical (unpaired) electrons. The van der Waals surface area contributed by atoms with Crippen LogP contribution in [0.2, 0.25) is 0 Å². The van der Waals surface area contributed by atoms with Crippen molar-refractivity contribution in [3.8, 4) is 0 Å². The predicted octanol–water partition coefficient (Wildman–Crippen LogP) is 2.93. The minimum absolute atomic E-state index is 0.104. The Kier molecular flexibility index (Phi) is 5.01. The minimum atomic E-state index is -3.60. The van der Waals surface area contributed by atoms with Gasteiger partial charge in [0, 0.05) is 25.7 Å². The number of sulfone groups is 1. The summed E-state index contributed by atoms with van der Waals surface area (Å²) in [5.41, 5.74) is 2.08. The van der Waals surface area contributed by atoms with Gasteiger partial charge >= 0.3 is 0 Å². The average Bonchev–Trinajstić information content (AvgIpc) is 3.11. The summed E-state index contributed by atoms with van der Waals surface area (Å²) in [6.07, 6.45) is 5.05. The van der Waals surface area contributed by atoms with Gasteiger partial charge in [0.05, 0.1) is 21.9 Å². The van der Waals surface area contributed by atoms with Crippen molar-refractivity contribution in [2.45, 2.75) is 61.6 Å². The summed E-state index contributed by atoms with van der Waals surface area (Å²) in [6, 6.07) is 5.31. The number of fused-ring (bicyclic) bond motifs is 1. The molecule has 1 aromatic heterocycles. The summed E-state index contributed by atoms with van der Waals surface area (Å²) in [5, 5.41) is 4.59. The maximum atomic E-state index is 13.3. The SMILES string of the molecule is CC(=O)N1CCC(n2ncc3c2CCC(C)(S(=O)(=O)c2ccc(F)cc2)C3)CC1. The van der Waals surface area contributed by atoms with E-state index in [1.807, 2.05) is 4.90 Å². The number of nitrogens with zero attached hydrogens (tertiary/aromatic N) is 3. The highest BCUT2D eigenvalue weighted by molar-refractivity contribution is 7.92. The fourth-order valence-corrected chi connectivity index (χ4v) is 6.37. The molecule has 2 heterocycles. The Hall–Kier alpha value is -2.22. The van der Waals surface area contributed by atoms with Gasteiger partial charge in [0.2, 0.25) is 5.91 Å². The van der Waals surface area contributed by atoms with Gasteiger partial charge in [-0.05, 0) is 68.9 Å². The number of hydrogen-bond acceptors (Lipinski definition) is 4. The van der Waals surface area contributed by atoms with E-state index in [4.69, 9.17) is 0 Å². The highest BCUT2D eigenvalue weighted by Gasteiger charge is 2.44. The van der Waals surface area contributed by atoms with Gasteiger partial charge in [-0.3, -0.25) is 9.48 Å². The van der Waals surface area contributed by atoms with Crippen molar-refractivity contribution in [3.63, 3.8) is 0 Å². The molecule has 29 heavy (non-hydrogen) atoms. The van der Waals surface area contributed by atoms with Gasteiger partial charge in [0.25, 0.3) is 0 Å². The van der Waals surface area contributed by atoms with E-state index in [-0.39, 0.29) is 16.8 Å². The molecule has 4 rings (SSSR count). The van der Waals surface area contributed by atoms with Crippen molar-refractivity contribution in [3.05, 3.63) is 47.5 Å². The average molecular weight is 420 g/mol. The van der Waals surface area contributed by atoms with Crippen molar-refractivity contribution < 1.29 is 17.6 Å². The summed E-state index contributed by atoms with van der Waals surface area (Å²) in [4.78, 5) is 13.6. The van der Waals surface area contributed by atoms with Gasteiger partial charge in [-0.2, -0.15) is 5.10 Å². The molecule has 0 bridgehead atoms. The third-order valence-corrected chi connectivity index (χ3v) is 9.01. The zero-order valence-corrected chi connectivity index (χ0v) is 17.6. The topological polar surface area (TPSA) is 72.3 Å². The largest absolute Gasteiger partial charge is 0.343 e. The van der Waals surface area contributed by atoms with E-state index in [1.165, 1.54) is 24.3 Å². The fraction of sp³-hybridized carbons (Fsp3) is 0.524. The molecule has 0 N–H and O–H groups in total. The van der Waals surface area contributed by atoms with Crippen LogP contribution >= 0.6 is 0 Å². The summed E-state index contributed by atoms with van der Waals surface area (Å²) >= 11 is 0. The standard InChI is InChI=1S/C21H26FN3O3S/c1-15(26)24-11-8-18(9-12-24)25-20-7-10-21(2,13-16(20)14-23-25)29(27,28)19-5-3-17(22)4-6-19/h3-6,14,18H,7-13H2,1-2H3. The number of halogens is 1. The van der Waals surface area contributed by atoms with Crippen LogP contribution in [0.3, 0.4) is 0 Å². The smallest absolute Gasteiger partial charge is 0.219 e. The number of amides is 1. The summed E-state index contributed by atoms with van der Waals surface area (Å²) in [5.74, 6) is -0.343. The second kappa shape index (κ2) is 7.23. The number of aromatic nitrogens is 2. The molecule has 1 amide bonds. The lowest BCUT2D eigenvalue weighted by Gasteiger charge is -2.35. The van der Waals surface area contributed by atoms with E-state index < -0.39 is 20.4 Å². The van der Waals surface area contributed by atoms with Crippen molar-refractivity contribution in [2.75, 3.05) is 13.1 Å². The van der Waals surface area contributed by atoms with Crippen molar-refractivity contribution in [2.24, 2.45) is 0 Å². The van der Waals surface area contributed by atoms with Crippen LogP contribution in [-0.4, -0.2) is 46.8 Å². The zero-order chi connectivity index (χ0) is 20.8. The lowest BCUT2D eigenvalue weighted by atomic mass is 9.88. The molecule has 6 nitrogen and oxygen atoms in total. The Morgan fingerprint density at radius 1 is 1.21 bits per heavy atom. The predicted molar refractivity (Wildman–Crippen MR) is 107 cm³/mol. The molecule has 1 unspecified atom stereocenters. The third-order valence-electron chi connectivity index (χ3n) is 6.47. The molecule has 1 saturated heterocycles. The first kappa shape index (κ1) is 20.1. The van der Waals surface area contributed by atoms with E-state index >= 15 is 0 Å². The van der Waals surface area contributed by atoms with Crippen LogP contribution in [0.1, 0.15) is 50.4 Å². The zero-order valence-electron chi connectivity index (χ0n) is 16.8. The first-order valence-corrected chi connectivity index (χ1v) is 11.5. The Balaban J connectivity index is 1.56. The molecule has 0 spiro atoms. The number of carbonyl (C=O) groups excluding carboxylic acids is 1. The molecule has 1 aromatic carbocycles. The van der Waals surface area contributed by atoms with Crippen LogP contribution in [0.25, 0.3) is 0 Å². The quantitative estimate of drug-likeness (QED) is 0.717. The molecule has 1 aliphatic heterocycles. The first-order valence-electron chi connectivity index (χ1n) is 10.0. The number of piperidine rings is 1. The van der Waals surface area contributed by atoms with Crippen LogP contribution in [0.4, 0.5) is 4.39 Å². The van der Waals surface area contributed by atoms with Crippen molar-refractivity contribution in [1.29, 1.82) is 0 Å². The van der Waals surface area contributed by atoms with Crippen LogP contribution in [0.15, 0.2) is 35.4 Å². The van der Waals surface area contributed by atoms with Crippen molar-refractivity contribution >= 4 is 15.7 Å². The Bertz CT molecular complexity index is 1020. The lowest BCUT2D eigenvalue weighted by Crippen LogP contribution is -2.42. The van der Waals surface area contributed by atoms with E-state index in [1.54, 1.807) is 20.0 Å². The van der Waals surface area contributed by atoms with E-state index in [9.17, 15) is 17.6 Å². The second-order valence-electron chi connectivity index (χ2n) is 8.38. The van der Waals surface area contributed by atoms with E-state index in [0.29, 0.717) is 19.3 Å². The molecular formula is C21H26FN3O3S. The molecular weight excluding hydrogens is 393 g/mol. The number of benzene rings is 1. The number of hydrogen-bond donors (Lipinski definition) is 0. The summed E-state index contributed by atoms with van der Waals surface area (Å²) in [7, 11) is -3.60. The first-order chi connectivity index (χ1) is 13.7. The maximum Gasteiger partial charge on any atom is 0.219 e. The molecule has 2 aliphatic rings. The van der Waals surface area contributed by atoms with Gasteiger partial charge in [0.1, 0.15) is 5.82 Å². The summed E-state index contributed by atoms with van der Waals surface area (Å²) < 4.78 is 40.8. The molecule has 0 saturated carbocycles. The molecule has 8 heteroatoms. The van der Waals surface area contributed by atoms with Gasteiger partial charge in [-0.15, -0.1) is 0 Å². The second-order valence-corrected chi connectivity index (χ2v) is 10.8. The van der Waals surface area contributed by atoms with Gasteiger partial charge in [-0.1, -0.05) is 0 Å². The molecule has 156 valence electrons. The van der Waals surface area contributed by atoms with E-state index in [0.717, 1.165) is 37.2 Å². The monoisotopic (exact) mass is 419 g/mol. The Morgan fingerprint density at radius 2 is 1.86 bits per heavy atom. The van der Waals surface area contributed by atoms with Crippen LogP contribution in [0, 0.1) is 5.82 Å². The summed E-state index contributed by atoms with van der Waals surface area (Å²) in [6.45, 7) is 4.83. The van der Waals surface area contributed by atoms with Crippen LogP contribution < -0.4 is 0 Å². The molecule has 1 aliphatic carbocycles. The number of carbonyl (C=O) groups is 1. The highest BCUT2D eigenvalue weighted by Crippen LogP contribution is 2.39. The number of likely N-dealkylation sites (tertiary alicyclic amines) is 1. The van der Waals surface area contributed by atoms with Gasteiger partial charge in [0.15, 0.2) is 9.84 Å². The molecule has 2 aromatic rings. The van der Waals surface area contributed by atoms with E-state index in [2.05, 4.69) is 9.78 Å².